The molecule has 0 aliphatic heterocycles. The van der Waals surface area contributed by atoms with Crippen LogP contribution in [0.5, 0.6) is 0 Å². The van der Waals surface area contributed by atoms with Crippen molar-refractivity contribution >= 4 is 10.0 Å². The van der Waals surface area contributed by atoms with E-state index in [0.717, 1.165) is 0 Å². The number of H-pyrrole nitrogens is 2. The molecule has 2 aromatic rings. The fraction of sp³-hybridized carbons (Fsp3) is 0.429. The lowest BCUT2D eigenvalue weighted by Crippen LogP contribution is -2.28. The number of hydrogen-bond acceptors (Lipinski definition) is 7. The van der Waals surface area contributed by atoms with Crippen LogP contribution in [0.25, 0.3) is 0 Å². The predicted molar refractivity (Wildman–Crippen MR) is 57.4 cm³/mol. The zero-order valence-corrected chi connectivity index (χ0v) is 10.1. The maximum absolute atomic E-state index is 12.0. The second-order valence-corrected chi connectivity index (χ2v) is 5.15. The van der Waals surface area contributed by atoms with E-state index in [1.165, 1.54) is 6.20 Å². The van der Waals surface area contributed by atoms with Crippen LogP contribution in [-0.2, 0) is 16.6 Å². The van der Waals surface area contributed by atoms with E-state index in [9.17, 15) is 8.42 Å². The van der Waals surface area contributed by atoms with Crippen LogP contribution in [0.2, 0.25) is 0 Å². The summed E-state index contributed by atoms with van der Waals surface area (Å²) in [5.41, 5.74) is 0.183. The van der Waals surface area contributed by atoms with Gasteiger partial charge in [-0.2, -0.15) is 15.0 Å². The summed E-state index contributed by atoms with van der Waals surface area (Å²) in [6, 6.07) is -0.663. The zero-order chi connectivity index (χ0) is 13.2. The monoisotopic (exact) mass is 273 g/mol. The van der Waals surface area contributed by atoms with Gasteiger partial charge in [-0.05, 0) is 6.92 Å². The molecule has 0 aliphatic carbocycles. The third-order valence-electron chi connectivity index (χ3n) is 2.20. The molecule has 98 valence electrons. The van der Waals surface area contributed by atoms with Crippen molar-refractivity contribution in [1.29, 1.82) is 0 Å². The minimum absolute atomic E-state index is 0.180. The molecule has 10 nitrogen and oxygen atoms in total. The summed E-state index contributed by atoms with van der Waals surface area (Å²) in [6.07, 6.45) is 1.24. The highest BCUT2D eigenvalue weighted by Gasteiger charge is 2.24. The molecule has 0 radical (unpaired) electrons. The van der Waals surface area contributed by atoms with E-state index < -0.39 is 22.7 Å². The van der Waals surface area contributed by atoms with Gasteiger partial charge in [0, 0.05) is 5.56 Å². The molecule has 2 heterocycles. The Balaban J connectivity index is 2.23. The maximum Gasteiger partial charge on any atom is 0.258 e. The van der Waals surface area contributed by atoms with Crippen LogP contribution < -0.4 is 4.72 Å². The number of nitrogens with zero attached hydrogens (tertiary/aromatic N) is 4. The lowest BCUT2D eigenvalue weighted by atomic mass is 10.4. The van der Waals surface area contributed by atoms with Gasteiger partial charge in [0.05, 0.1) is 18.8 Å². The van der Waals surface area contributed by atoms with E-state index in [-0.39, 0.29) is 16.4 Å². The largest absolute Gasteiger partial charge is 0.392 e. The number of aliphatic hydroxyl groups is 1. The van der Waals surface area contributed by atoms with Crippen molar-refractivity contribution < 1.29 is 13.5 Å². The SMILES string of the molecule is CC(NS(=O)(=O)c1[nH]ncc1CO)c1nn[nH]n1. The summed E-state index contributed by atoms with van der Waals surface area (Å²) >= 11 is 0. The molecule has 0 bridgehead atoms. The molecule has 0 amide bonds. The lowest BCUT2D eigenvalue weighted by Gasteiger charge is -2.10. The van der Waals surface area contributed by atoms with Gasteiger partial charge >= 0.3 is 0 Å². The van der Waals surface area contributed by atoms with Gasteiger partial charge in [0.1, 0.15) is 0 Å². The van der Waals surface area contributed by atoms with Gasteiger partial charge in [-0.3, -0.25) is 5.10 Å². The van der Waals surface area contributed by atoms with Crippen molar-refractivity contribution in [1.82, 2.24) is 35.5 Å². The average molecular weight is 273 g/mol. The molecular weight excluding hydrogens is 262 g/mol. The third kappa shape index (κ3) is 2.37. The molecule has 4 N–H and O–H groups in total. The Morgan fingerprint density at radius 1 is 1.56 bits per heavy atom. The summed E-state index contributed by atoms with van der Waals surface area (Å²) in [4.78, 5) is 0. The standard InChI is InChI=1S/C7H11N7O3S/c1-4(6-9-13-14-10-6)12-18(16,17)7-5(3-15)2-8-11-7/h2,4,12,15H,3H2,1H3,(H,8,11)(H,9,10,13,14). The predicted octanol–water partition coefficient (Wildman–Crippen LogP) is -1.55. The molecule has 0 saturated heterocycles. The topological polar surface area (TPSA) is 150 Å². The van der Waals surface area contributed by atoms with E-state index in [1.54, 1.807) is 6.92 Å². The van der Waals surface area contributed by atoms with Crippen LogP contribution in [0.1, 0.15) is 24.4 Å². The van der Waals surface area contributed by atoms with Crippen LogP contribution in [0.4, 0.5) is 0 Å². The maximum atomic E-state index is 12.0. The molecule has 11 heteroatoms. The molecule has 1 atom stereocenters. The van der Waals surface area contributed by atoms with Gasteiger partial charge in [-0.25, -0.2) is 8.42 Å². The van der Waals surface area contributed by atoms with E-state index >= 15 is 0 Å². The number of aliphatic hydroxyl groups excluding tert-OH is 1. The first kappa shape index (κ1) is 12.6. The van der Waals surface area contributed by atoms with Crippen molar-refractivity contribution in [3.05, 3.63) is 17.6 Å². The first-order chi connectivity index (χ1) is 8.54. The lowest BCUT2D eigenvalue weighted by molar-refractivity contribution is 0.278. The van der Waals surface area contributed by atoms with Gasteiger partial charge in [0.25, 0.3) is 10.0 Å². The van der Waals surface area contributed by atoms with E-state index in [4.69, 9.17) is 5.11 Å². The zero-order valence-electron chi connectivity index (χ0n) is 9.32. The molecule has 2 aromatic heterocycles. The van der Waals surface area contributed by atoms with Crippen molar-refractivity contribution in [3.8, 4) is 0 Å². The molecule has 0 fully saturated rings. The molecule has 0 saturated carbocycles. The fourth-order valence-electron chi connectivity index (χ4n) is 1.34. The van der Waals surface area contributed by atoms with Crippen molar-refractivity contribution in [2.24, 2.45) is 0 Å². The van der Waals surface area contributed by atoms with Crippen LogP contribution in [0, 0.1) is 0 Å². The number of sulfonamides is 1. The summed E-state index contributed by atoms with van der Waals surface area (Å²) in [7, 11) is -3.83. The Hall–Kier alpha value is -1.85. The highest BCUT2D eigenvalue weighted by Crippen LogP contribution is 2.15. The number of hydrogen-bond donors (Lipinski definition) is 4. The first-order valence-electron chi connectivity index (χ1n) is 4.93. The quantitative estimate of drug-likeness (QED) is 0.515. The smallest absolute Gasteiger partial charge is 0.258 e. The van der Waals surface area contributed by atoms with E-state index in [2.05, 4.69) is 35.5 Å². The van der Waals surface area contributed by atoms with Gasteiger partial charge in [0.15, 0.2) is 10.9 Å². The Labute approximate surface area is 102 Å². The fourth-order valence-corrected chi connectivity index (χ4v) is 2.67. The van der Waals surface area contributed by atoms with Crippen LogP contribution >= 0.6 is 0 Å². The Morgan fingerprint density at radius 2 is 2.33 bits per heavy atom. The van der Waals surface area contributed by atoms with Crippen molar-refractivity contribution in [2.45, 2.75) is 24.6 Å². The summed E-state index contributed by atoms with van der Waals surface area (Å²) < 4.78 is 26.3. The van der Waals surface area contributed by atoms with Gasteiger partial charge in [-0.1, -0.05) is 5.21 Å². The summed E-state index contributed by atoms with van der Waals surface area (Å²) in [5, 5.41) is 27.6. The van der Waals surface area contributed by atoms with E-state index in [1.807, 2.05) is 0 Å². The highest BCUT2D eigenvalue weighted by molar-refractivity contribution is 7.89. The van der Waals surface area contributed by atoms with Crippen LogP contribution in [0.15, 0.2) is 11.2 Å². The summed E-state index contributed by atoms with van der Waals surface area (Å²) in [5.74, 6) is 0.212. The molecule has 0 aliphatic rings. The van der Waals surface area contributed by atoms with Crippen LogP contribution in [-0.4, -0.2) is 44.3 Å². The second-order valence-electron chi connectivity index (χ2n) is 3.50. The molecule has 2 rings (SSSR count). The van der Waals surface area contributed by atoms with Gasteiger partial charge in [-0.15, -0.1) is 10.2 Å². The minimum atomic E-state index is -3.83. The minimum Gasteiger partial charge on any atom is -0.392 e. The molecule has 1 unspecified atom stereocenters. The van der Waals surface area contributed by atoms with Crippen molar-refractivity contribution in [2.75, 3.05) is 0 Å². The summed E-state index contributed by atoms with van der Waals surface area (Å²) in [6.45, 7) is 1.14. The Bertz CT molecular complexity index is 605. The third-order valence-corrected chi connectivity index (χ3v) is 3.75. The first-order valence-corrected chi connectivity index (χ1v) is 6.41. The number of tetrazole rings is 1. The van der Waals surface area contributed by atoms with E-state index in [0.29, 0.717) is 0 Å². The number of aromatic amines is 2. The van der Waals surface area contributed by atoms with Crippen LogP contribution in [0.3, 0.4) is 0 Å². The number of nitrogens with one attached hydrogen (secondary N) is 3. The molecule has 0 aromatic carbocycles. The van der Waals surface area contributed by atoms with Gasteiger partial charge in [0.2, 0.25) is 0 Å². The Morgan fingerprint density at radius 3 is 2.94 bits per heavy atom. The highest BCUT2D eigenvalue weighted by atomic mass is 32.2. The molecule has 0 spiro atoms. The Kier molecular flexibility index (Phi) is 3.36. The normalized spacial score (nSPS) is 13.7. The average Bonchev–Trinajstić information content (AvgIpc) is 2.99. The second kappa shape index (κ2) is 4.80. The number of rotatable bonds is 5. The molecular formula is C7H11N7O3S. The molecule has 18 heavy (non-hydrogen) atoms. The van der Waals surface area contributed by atoms with Gasteiger partial charge < -0.3 is 5.11 Å². The van der Waals surface area contributed by atoms with Crippen molar-refractivity contribution in [3.63, 3.8) is 0 Å². The number of aromatic nitrogens is 6.